The highest BCUT2D eigenvalue weighted by Crippen LogP contribution is 2.27. The lowest BCUT2D eigenvalue weighted by Gasteiger charge is -2.34. The molecule has 1 aliphatic heterocycles. The number of ether oxygens (including phenoxy) is 1. The molecule has 0 aromatic heterocycles. The minimum atomic E-state index is -0.398. The number of benzene rings is 2. The molecule has 2 N–H and O–H groups in total. The second-order valence-corrected chi connectivity index (χ2v) is 8.07. The third kappa shape index (κ3) is 4.65. The number of aryl methyl sites for hydroxylation is 3. The lowest BCUT2D eigenvalue weighted by atomic mass is 9.97. The van der Waals surface area contributed by atoms with Crippen molar-refractivity contribution in [3.8, 4) is 0 Å². The Balaban J connectivity index is 1.84. The highest BCUT2D eigenvalue weighted by molar-refractivity contribution is 6.07. The predicted molar refractivity (Wildman–Crippen MR) is 118 cm³/mol. The second-order valence-electron chi connectivity index (χ2n) is 8.07. The molecule has 0 radical (unpaired) electrons. The molecule has 0 saturated carbocycles. The van der Waals surface area contributed by atoms with Gasteiger partial charge in [0.15, 0.2) is 0 Å². The zero-order valence-electron chi connectivity index (χ0n) is 18.1. The van der Waals surface area contributed by atoms with Gasteiger partial charge in [-0.3, -0.25) is 4.79 Å². The van der Waals surface area contributed by atoms with E-state index in [2.05, 4.69) is 10.2 Å². The number of carbonyl (C=O) groups is 2. The first-order valence-corrected chi connectivity index (χ1v) is 10.3. The molecule has 2 aromatic carbocycles. The summed E-state index contributed by atoms with van der Waals surface area (Å²) in [5, 5.41) is 12.5. The first kappa shape index (κ1) is 21.8. The molecule has 0 unspecified atom stereocenters. The summed E-state index contributed by atoms with van der Waals surface area (Å²) in [7, 11) is 1.35. The Labute approximate surface area is 177 Å². The Hall–Kier alpha value is -2.86. The molecule has 3 rings (SSSR count). The van der Waals surface area contributed by atoms with Crippen molar-refractivity contribution in [3.63, 3.8) is 0 Å². The Morgan fingerprint density at radius 2 is 1.83 bits per heavy atom. The number of carbonyl (C=O) groups excluding carboxylic acids is 2. The number of esters is 1. The van der Waals surface area contributed by atoms with Gasteiger partial charge in [-0.2, -0.15) is 0 Å². The monoisotopic (exact) mass is 410 g/mol. The average Bonchev–Trinajstić information content (AvgIpc) is 2.75. The van der Waals surface area contributed by atoms with Crippen molar-refractivity contribution in [1.29, 1.82) is 0 Å². The zero-order valence-corrected chi connectivity index (χ0v) is 18.1. The van der Waals surface area contributed by atoms with Crippen LogP contribution in [-0.2, 0) is 4.74 Å². The van der Waals surface area contributed by atoms with Crippen LogP contribution in [0.25, 0.3) is 0 Å². The fraction of sp³-hybridized carbons (Fsp3) is 0.417. The Morgan fingerprint density at radius 1 is 1.13 bits per heavy atom. The van der Waals surface area contributed by atoms with Gasteiger partial charge in [0, 0.05) is 36.6 Å². The maximum Gasteiger partial charge on any atom is 0.337 e. The third-order valence-electron chi connectivity index (χ3n) is 5.80. The zero-order chi connectivity index (χ0) is 21.8. The normalized spacial score (nSPS) is 16.3. The van der Waals surface area contributed by atoms with E-state index in [0.29, 0.717) is 16.8 Å². The van der Waals surface area contributed by atoms with E-state index in [1.165, 1.54) is 7.11 Å². The third-order valence-corrected chi connectivity index (χ3v) is 5.80. The van der Waals surface area contributed by atoms with Crippen molar-refractivity contribution < 1.29 is 19.4 Å². The summed E-state index contributed by atoms with van der Waals surface area (Å²) in [4.78, 5) is 27.2. The van der Waals surface area contributed by atoms with Crippen LogP contribution in [0.4, 0.5) is 11.4 Å². The average molecular weight is 411 g/mol. The van der Waals surface area contributed by atoms with Crippen LogP contribution < -0.4 is 10.2 Å². The van der Waals surface area contributed by atoms with Crippen LogP contribution in [0.5, 0.6) is 0 Å². The number of nitrogens with zero attached hydrogens (tertiary/aromatic N) is 1. The number of anilines is 2. The van der Waals surface area contributed by atoms with Crippen LogP contribution in [0.15, 0.2) is 30.3 Å². The lowest BCUT2D eigenvalue weighted by Crippen LogP contribution is -2.36. The minimum absolute atomic E-state index is 0.179. The Kier molecular flexibility index (Phi) is 6.77. The van der Waals surface area contributed by atoms with Gasteiger partial charge in [0.1, 0.15) is 0 Å². The molecule has 0 spiro atoms. The summed E-state index contributed by atoms with van der Waals surface area (Å²) in [6.45, 7) is 7.56. The summed E-state index contributed by atoms with van der Waals surface area (Å²) in [6.07, 6.45) is 2.07. The van der Waals surface area contributed by atoms with Gasteiger partial charge in [-0.25, -0.2) is 4.79 Å². The lowest BCUT2D eigenvalue weighted by molar-refractivity contribution is 0.0600. The number of piperidine rings is 1. The first-order chi connectivity index (χ1) is 14.3. The molecular formula is C24H30N2O4. The van der Waals surface area contributed by atoms with E-state index in [4.69, 9.17) is 4.74 Å². The first-order valence-electron chi connectivity index (χ1n) is 10.3. The van der Waals surface area contributed by atoms with Crippen molar-refractivity contribution in [3.05, 3.63) is 58.1 Å². The van der Waals surface area contributed by atoms with Gasteiger partial charge in [0.25, 0.3) is 5.91 Å². The number of methoxy groups -OCH3 is 1. The van der Waals surface area contributed by atoms with Crippen molar-refractivity contribution in [1.82, 2.24) is 0 Å². The quantitative estimate of drug-likeness (QED) is 0.732. The van der Waals surface area contributed by atoms with Crippen LogP contribution >= 0.6 is 0 Å². The van der Waals surface area contributed by atoms with Crippen LogP contribution in [0.1, 0.15) is 50.2 Å². The van der Waals surface area contributed by atoms with Gasteiger partial charge < -0.3 is 20.1 Å². The van der Waals surface area contributed by atoms with Gasteiger partial charge in [-0.1, -0.05) is 6.07 Å². The fourth-order valence-corrected chi connectivity index (χ4v) is 4.08. The number of hydrogen-bond donors (Lipinski definition) is 2. The van der Waals surface area contributed by atoms with Gasteiger partial charge in [-0.05, 0) is 80.5 Å². The standard InChI is InChI=1S/C24H30N2O4/c1-15-7-8-20(26-9-5-6-18(13-26)14-27)12-21(15)23(28)25-22-16(2)10-19(11-17(22)3)24(29)30-4/h7-8,10-12,18,27H,5-6,9,13-14H2,1-4H3,(H,25,28)/t18-/m1/s1. The van der Waals surface area contributed by atoms with Gasteiger partial charge in [0.05, 0.1) is 12.7 Å². The number of aliphatic hydroxyl groups is 1. The van der Waals surface area contributed by atoms with Crippen molar-refractivity contribution in [2.24, 2.45) is 5.92 Å². The molecule has 1 atom stereocenters. The van der Waals surface area contributed by atoms with Gasteiger partial charge in [-0.15, -0.1) is 0 Å². The number of nitrogens with one attached hydrogen (secondary N) is 1. The predicted octanol–water partition coefficient (Wildman–Crippen LogP) is 3.86. The maximum absolute atomic E-state index is 13.1. The Morgan fingerprint density at radius 3 is 2.47 bits per heavy atom. The van der Waals surface area contributed by atoms with Crippen LogP contribution in [0.2, 0.25) is 0 Å². The number of rotatable bonds is 5. The molecule has 6 nitrogen and oxygen atoms in total. The van der Waals surface area contributed by atoms with Crippen LogP contribution in [0, 0.1) is 26.7 Å². The largest absolute Gasteiger partial charge is 0.465 e. The molecular weight excluding hydrogens is 380 g/mol. The Bertz CT molecular complexity index is 931. The SMILES string of the molecule is COC(=O)c1cc(C)c(NC(=O)c2cc(N3CCC[C@@H](CO)C3)ccc2C)c(C)c1. The van der Waals surface area contributed by atoms with Crippen molar-refractivity contribution in [2.45, 2.75) is 33.6 Å². The topological polar surface area (TPSA) is 78.9 Å². The molecule has 1 amide bonds. The highest BCUT2D eigenvalue weighted by atomic mass is 16.5. The van der Waals surface area contributed by atoms with Crippen molar-refractivity contribution in [2.75, 3.05) is 37.0 Å². The summed E-state index contributed by atoms with van der Waals surface area (Å²) in [6, 6.07) is 9.37. The molecule has 1 fully saturated rings. The molecule has 6 heteroatoms. The fourth-order valence-electron chi connectivity index (χ4n) is 4.08. The maximum atomic E-state index is 13.1. The number of amides is 1. The van der Waals surface area contributed by atoms with Crippen LogP contribution in [0.3, 0.4) is 0 Å². The van der Waals surface area contributed by atoms with Crippen molar-refractivity contribution >= 4 is 23.3 Å². The van der Waals surface area contributed by atoms with E-state index < -0.39 is 5.97 Å². The summed E-state index contributed by atoms with van der Waals surface area (Å²) >= 11 is 0. The summed E-state index contributed by atoms with van der Waals surface area (Å²) < 4.78 is 4.79. The second kappa shape index (κ2) is 9.30. The smallest absolute Gasteiger partial charge is 0.337 e. The summed E-state index contributed by atoms with van der Waals surface area (Å²) in [5.74, 6) is -0.302. The molecule has 2 aromatic rings. The van der Waals surface area contributed by atoms with E-state index in [9.17, 15) is 14.7 Å². The van der Waals surface area contributed by atoms with E-state index in [-0.39, 0.29) is 18.4 Å². The molecule has 160 valence electrons. The van der Waals surface area contributed by atoms with E-state index in [1.807, 2.05) is 39.0 Å². The molecule has 30 heavy (non-hydrogen) atoms. The molecule has 1 saturated heterocycles. The van der Waals surface area contributed by atoms with E-state index >= 15 is 0 Å². The van der Waals surface area contributed by atoms with E-state index in [0.717, 1.165) is 48.3 Å². The van der Waals surface area contributed by atoms with E-state index in [1.54, 1.807) is 12.1 Å². The number of aliphatic hydroxyl groups excluding tert-OH is 1. The number of hydrogen-bond acceptors (Lipinski definition) is 5. The minimum Gasteiger partial charge on any atom is -0.465 e. The molecule has 1 aliphatic rings. The molecule has 0 aliphatic carbocycles. The van der Waals surface area contributed by atoms with Gasteiger partial charge in [0.2, 0.25) is 0 Å². The van der Waals surface area contributed by atoms with Crippen LogP contribution in [-0.4, -0.2) is 43.8 Å². The van der Waals surface area contributed by atoms with Gasteiger partial charge >= 0.3 is 5.97 Å². The highest BCUT2D eigenvalue weighted by Gasteiger charge is 2.21. The summed E-state index contributed by atoms with van der Waals surface area (Å²) in [5.41, 5.74) is 5.29. The molecule has 0 bridgehead atoms. The molecule has 1 heterocycles.